The predicted molar refractivity (Wildman–Crippen MR) is 54.9 cm³/mol. The van der Waals surface area contributed by atoms with Crippen LogP contribution in [0.15, 0.2) is 0 Å². The maximum atomic E-state index is 0. The summed E-state index contributed by atoms with van der Waals surface area (Å²) in [6.45, 7) is 0. The van der Waals surface area contributed by atoms with Crippen LogP contribution in [-0.4, -0.2) is 127 Å². The van der Waals surface area contributed by atoms with E-state index in [-0.39, 0.29) is 151 Å². The Bertz CT molecular complexity index is 19.0. The molecule has 0 heterocycles. The zero-order valence-corrected chi connectivity index (χ0v) is 13.3. The van der Waals surface area contributed by atoms with Crippen molar-refractivity contribution in [3.8, 4) is 0 Å². The summed E-state index contributed by atoms with van der Waals surface area (Å²) in [5, 5.41) is 0. The first-order chi connectivity index (χ1) is 0. The Morgan fingerprint density at radius 2 is 0.250 bits per heavy atom. The second-order valence-electron chi connectivity index (χ2n) is 0. The van der Waals surface area contributed by atoms with Gasteiger partial charge in [0.15, 0.2) is 0 Å². The van der Waals surface area contributed by atoms with Crippen molar-refractivity contribution in [1.29, 1.82) is 0 Å². The summed E-state index contributed by atoms with van der Waals surface area (Å²) in [4.78, 5) is 0. The van der Waals surface area contributed by atoms with Crippen molar-refractivity contribution in [2.24, 2.45) is 0 Å². The summed E-state index contributed by atoms with van der Waals surface area (Å²) in [5.41, 5.74) is 0. The molecular weight excluding hydrogens is 327 g/mol. The van der Waals surface area contributed by atoms with E-state index in [1.54, 1.807) is 0 Å². The zero-order valence-electron chi connectivity index (χ0n) is 8.17. The molecule has 0 rings (SSSR count). The van der Waals surface area contributed by atoms with E-state index in [9.17, 15) is 0 Å². The first-order valence-corrected chi connectivity index (χ1v) is 0. The first-order valence-electron chi connectivity index (χ1n) is 0. The molecule has 0 atom stereocenters. The summed E-state index contributed by atoms with van der Waals surface area (Å²) in [6.07, 6.45) is 0. The van der Waals surface area contributed by atoms with Crippen LogP contribution in [-0.2, 0) is 0 Å². The molecule has 0 aromatic carbocycles. The van der Waals surface area contributed by atoms with Crippen LogP contribution in [0.1, 0.15) is 0 Å². The average Bonchev–Trinajstić information content (AvgIpc) is 0. The van der Waals surface area contributed by atoms with E-state index in [0.29, 0.717) is 0 Å². The van der Waals surface area contributed by atoms with Crippen LogP contribution in [0.3, 0.4) is 0 Å². The van der Waals surface area contributed by atoms with Gasteiger partial charge in [-0.05, 0) is 0 Å². The fourth-order valence-electron chi connectivity index (χ4n) is 0. The van der Waals surface area contributed by atoms with Gasteiger partial charge in [0, 0.05) is 0 Å². The van der Waals surface area contributed by atoms with Crippen LogP contribution in [0.25, 0.3) is 0 Å². The maximum Gasteiger partial charge on any atom is 2.00 e. The fourth-order valence-corrected chi connectivity index (χ4v) is 0. The molecule has 16 heteroatoms. The van der Waals surface area contributed by atoms with E-state index in [1.807, 2.05) is 0 Å². The number of halogens is 2. The quantitative estimate of drug-likeness (QED) is 0.366. The zero-order chi connectivity index (χ0) is 0. The third-order valence-electron chi connectivity index (χ3n) is 0. The Morgan fingerprint density at radius 1 is 0.250 bits per heavy atom. The molecule has 0 amide bonds. The molecule has 12 nitrogen and oxygen atoms in total. The average molecular weight is 351 g/mol. The Balaban J connectivity index is 0. The van der Waals surface area contributed by atoms with Crippen molar-refractivity contribution >= 4 is 60.8 Å². The van der Waals surface area contributed by atoms with E-state index in [1.165, 1.54) is 0 Å². The molecule has 0 aliphatic carbocycles. The predicted octanol–water partition coefficient (Wildman–Crippen LogP) is -16.6. The minimum Gasteiger partial charge on any atom is -1.00 e. The van der Waals surface area contributed by atoms with Gasteiger partial charge in [-0.15, -0.1) is 0 Å². The Labute approximate surface area is 150 Å². The van der Waals surface area contributed by atoms with Crippen molar-refractivity contribution in [3.05, 3.63) is 0 Å². The summed E-state index contributed by atoms with van der Waals surface area (Å²) < 4.78 is 0. The molecule has 0 bridgehead atoms. The van der Waals surface area contributed by atoms with Gasteiger partial charge in [0.1, 0.15) is 0 Å². The molecule has 0 aromatic heterocycles. The van der Waals surface area contributed by atoms with Crippen molar-refractivity contribution in [1.82, 2.24) is 0 Å². The Hall–Kier alpha value is 2.13. The molecule has 0 saturated carbocycles. The second kappa shape index (κ2) is 985. The molecule has 0 aliphatic heterocycles. The van der Waals surface area contributed by atoms with E-state index < -0.39 is 0 Å². The van der Waals surface area contributed by atoms with E-state index in [0.717, 1.165) is 0 Å². The van der Waals surface area contributed by atoms with Gasteiger partial charge in [0.25, 0.3) is 0 Å². The van der Waals surface area contributed by atoms with Gasteiger partial charge in [-0.1, -0.05) is 0 Å². The van der Waals surface area contributed by atoms with Crippen LogP contribution >= 0.6 is 0 Å². The van der Waals surface area contributed by atoms with E-state index in [4.69, 9.17) is 0 Å². The SMILES string of the molecule is O.O.O.O.O.O.O.O.O.O.O.O.[Ca+2].[Cl-].[Cl-].[Mg+2]. The van der Waals surface area contributed by atoms with Crippen molar-refractivity contribution in [3.63, 3.8) is 0 Å². The minimum absolute atomic E-state index is 0. The molecule has 112 valence electrons. The first kappa shape index (κ1) is 1180. The molecule has 0 aromatic rings. The number of hydrogen-bond donors (Lipinski definition) is 0. The molecule has 24 N–H and O–H groups in total. The topological polar surface area (TPSA) is 378 Å². The summed E-state index contributed by atoms with van der Waals surface area (Å²) in [6, 6.07) is 0. The molecule has 16 heavy (non-hydrogen) atoms. The Kier molecular flexibility index (Phi) is 72400. The molecule has 0 saturated heterocycles. The molecule has 0 radical (unpaired) electrons. The third kappa shape index (κ3) is 816. The van der Waals surface area contributed by atoms with Crippen LogP contribution in [0.5, 0.6) is 0 Å². The van der Waals surface area contributed by atoms with Gasteiger partial charge in [0.2, 0.25) is 0 Å². The van der Waals surface area contributed by atoms with Gasteiger partial charge >= 0.3 is 60.8 Å². The number of rotatable bonds is 0. The van der Waals surface area contributed by atoms with Crippen molar-refractivity contribution in [2.75, 3.05) is 0 Å². The maximum absolute atomic E-state index is 0. The van der Waals surface area contributed by atoms with E-state index >= 15 is 0 Å². The standard InChI is InChI=1S/Ca.2ClH.Mg.12H2O/h;2*1H;;12*1H2/q+2;;;+2;;;;;;;;;;;;/p-2. The van der Waals surface area contributed by atoms with Crippen LogP contribution < -0.4 is 24.8 Å². The molecule has 0 spiro atoms. The van der Waals surface area contributed by atoms with Gasteiger partial charge < -0.3 is 90.5 Å². The van der Waals surface area contributed by atoms with Gasteiger partial charge in [0.05, 0.1) is 0 Å². The molecule has 0 unspecified atom stereocenters. The summed E-state index contributed by atoms with van der Waals surface area (Å²) >= 11 is 0. The van der Waals surface area contributed by atoms with Gasteiger partial charge in [-0.3, -0.25) is 0 Å². The minimum atomic E-state index is 0. The van der Waals surface area contributed by atoms with Crippen molar-refractivity contribution in [2.45, 2.75) is 0 Å². The molecule has 0 fully saturated rings. The Morgan fingerprint density at radius 3 is 0.250 bits per heavy atom. The monoisotopic (exact) mass is 350 g/mol. The van der Waals surface area contributed by atoms with Crippen molar-refractivity contribution < 1.29 is 90.5 Å². The normalized spacial score (nSPS) is 0. The third-order valence-corrected chi connectivity index (χ3v) is 0. The van der Waals surface area contributed by atoms with Gasteiger partial charge in [-0.2, -0.15) is 0 Å². The fraction of sp³-hybridized carbons (Fsp3) is 0. The smallest absolute Gasteiger partial charge is 1.00 e. The summed E-state index contributed by atoms with van der Waals surface area (Å²) in [5.74, 6) is 0. The van der Waals surface area contributed by atoms with Crippen LogP contribution in [0.2, 0.25) is 0 Å². The second-order valence-corrected chi connectivity index (χ2v) is 0. The largest absolute Gasteiger partial charge is 2.00 e. The van der Waals surface area contributed by atoms with E-state index in [2.05, 4.69) is 0 Å². The molecule has 0 aliphatic rings. The summed E-state index contributed by atoms with van der Waals surface area (Å²) in [7, 11) is 0. The number of hydrogen-bond acceptors (Lipinski definition) is 0. The van der Waals surface area contributed by atoms with Crippen LogP contribution in [0.4, 0.5) is 0 Å². The molecular formula is H24CaCl2MgO12+2. The van der Waals surface area contributed by atoms with Crippen LogP contribution in [0, 0.1) is 0 Å². The van der Waals surface area contributed by atoms with Gasteiger partial charge in [-0.25, -0.2) is 0 Å².